The summed E-state index contributed by atoms with van der Waals surface area (Å²) in [5.41, 5.74) is 6.03. The van der Waals surface area contributed by atoms with Gasteiger partial charge >= 0.3 is 0 Å². The summed E-state index contributed by atoms with van der Waals surface area (Å²) in [5.74, 6) is 3.74. The number of carbonyl (C=O) groups is 1. The Balaban J connectivity index is 1.11. The Morgan fingerprint density at radius 1 is 0.892 bits per heavy atom. The molecule has 3 aromatic carbocycles. The number of nitrogens with one attached hydrogen (secondary N) is 1. The highest BCUT2D eigenvalue weighted by atomic mass is 16.5. The van der Waals surface area contributed by atoms with Crippen LogP contribution in [0.3, 0.4) is 0 Å². The summed E-state index contributed by atoms with van der Waals surface area (Å²) in [5, 5.41) is 3.91. The zero-order chi connectivity index (χ0) is 24.9. The minimum atomic E-state index is 0.169. The van der Waals surface area contributed by atoms with Crippen molar-refractivity contribution in [1.82, 2.24) is 4.90 Å². The van der Waals surface area contributed by atoms with Crippen molar-refractivity contribution in [2.24, 2.45) is 17.8 Å². The second-order valence-electron chi connectivity index (χ2n) is 11.2. The summed E-state index contributed by atoms with van der Waals surface area (Å²) in [7, 11) is 1.69. The molecule has 5 nitrogen and oxygen atoms in total. The Bertz CT molecular complexity index is 1280. The van der Waals surface area contributed by atoms with Crippen molar-refractivity contribution in [3.05, 3.63) is 89.5 Å². The van der Waals surface area contributed by atoms with Crippen LogP contribution >= 0.6 is 0 Å². The van der Waals surface area contributed by atoms with E-state index in [9.17, 15) is 4.79 Å². The lowest BCUT2D eigenvalue weighted by atomic mass is 9.68. The minimum Gasteiger partial charge on any atom is -0.497 e. The Kier molecular flexibility index (Phi) is 5.60. The van der Waals surface area contributed by atoms with Crippen molar-refractivity contribution in [2.45, 2.75) is 31.2 Å². The zero-order valence-electron chi connectivity index (χ0n) is 21.5. The van der Waals surface area contributed by atoms with Gasteiger partial charge in [0.1, 0.15) is 5.75 Å². The molecule has 2 heterocycles. The summed E-state index contributed by atoms with van der Waals surface area (Å²) >= 11 is 0. The van der Waals surface area contributed by atoms with Crippen LogP contribution in [-0.4, -0.2) is 44.1 Å². The van der Waals surface area contributed by atoms with Crippen molar-refractivity contribution in [3.8, 4) is 5.75 Å². The van der Waals surface area contributed by atoms with E-state index < -0.39 is 0 Å². The van der Waals surface area contributed by atoms with Gasteiger partial charge in [0.05, 0.1) is 13.2 Å². The summed E-state index contributed by atoms with van der Waals surface area (Å²) in [4.78, 5) is 18.0. The molecule has 5 heteroatoms. The minimum absolute atomic E-state index is 0.169. The van der Waals surface area contributed by atoms with E-state index in [-0.39, 0.29) is 5.91 Å². The molecule has 3 fully saturated rings. The van der Waals surface area contributed by atoms with Crippen LogP contribution in [-0.2, 0) is 0 Å². The average molecular weight is 494 g/mol. The van der Waals surface area contributed by atoms with E-state index in [4.69, 9.17) is 4.74 Å². The number of carbonyl (C=O) groups excluding carboxylic acids is 1. The maximum Gasteiger partial charge on any atom is 0.253 e. The molecule has 1 amide bonds. The second-order valence-corrected chi connectivity index (χ2v) is 11.2. The van der Waals surface area contributed by atoms with Crippen LogP contribution in [0.15, 0.2) is 72.8 Å². The Morgan fingerprint density at radius 3 is 2.41 bits per heavy atom. The highest BCUT2D eigenvalue weighted by Crippen LogP contribution is 2.63. The van der Waals surface area contributed by atoms with Gasteiger partial charge in [-0.1, -0.05) is 30.3 Å². The predicted molar refractivity (Wildman–Crippen MR) is 147 cm³/mol. The van der Waals surface area contributed by atoms with Gasteiger partial charge in [-0.25, -0.2) is 0 Å². The summed E-state index contributed by atoms with van der Waals surface area (Å²) < 4.78 is 5.29. The maximum absolute atomic E-state index is 13.6. The van der Waals surface area contributed by atoms with Crippen molar-refractivity contribution < 1.29 is 9.53 Å². The molecule has 0 aromatic heterocycles. The number of piperazine rings is 1. The van der Waals surface area contributed by atoms with Gasteiger partial charge in [0.2, 0.25) is 0 Å². The SMILES string of the molecule is COc1ccc(N2CCN(C(=O)c3ccc4c(c3)[C@@H]3[C@H]5CC[C@@H](C5)[C@H]3[C@H](c3ccccc3)N4)CC2)cc1. The number of amides is 1. The largest absolute Gasteiger partial charge is 0.497 e. The van der Waals surface area contributed by atoms with Gasteiger partial charge in [-0.15, -0.1) is 0 Å². The van der Waals surface area contributed by atoms with Gasteiger partial charge in [0, 0.05) is 43.1 Å². The fourth-order valence-corrected chi connectivity index (χ4v) is 7.75. The lowest BCUT2D eigenvalue weighted by Crippen LogP contribution is -2.48. The van der Waals surface area contributed by atoms with Crippen LogP contribution in [0.1, 0.15) is 52.7 Å². The highest BCUT2D eigenvalue weighted by molar-refractivity contribution is 5.95. The van der Waals surface area contributed by atoms with E-state index in [1.807, 2.05) is 23.1 Å². The first kappa shape index (κ1) is 22.7. The smallest absolute Gasteiger partial charge is 0.253 e. The standard InChI is InChI=1S/C32H35N3O2/c1-37-26-12-10-25(11-13-26)34-15-17-35(18-16-34)32(36)24-9-14-28-27(20-24)29-22-7-8-23(19-22)30(29)31(33-28)21-5-3-2-4-6-21/h2-6,9-14,20,22-23,29-31,33H,7-8,15-19H2,1H3/t22-,23-,29-,30+,31-/m0/s1. The van der Waals surface area contributed by atoms with Crippen LogP contribution in [0.5, 0.6) is 5.75 Å². The van der Waals surface area contributed by atoms with Gasteiger partial charge in [0.15, 0.2) is 0 Å². The van der Waals surface area contributed by atoms with E-state index in [0.29, 0.717) is 17.9 Å². The molecule has 0 spiro atoms. The molecule has 3 aromatic rings. The number of anilines is 2. The molecule has 1 saturated heterocycles. The second kappa shape index (κ2) is 9.13. The predicted octanol–water partition coefficient (Wildman–Crippen LogP) is 5.95. The number of fused-ring (bicyclic) bond motifs is 7. The molecule has 2 saturated carbocycles. The molecule has 4 aliphatic rings. The summed E-state index contributed by atoms with van der Waals surface area (Å²) in [6.07, 6.45) is 4.02. The van der Waals surface area contributed by atoms with Crippen LogP contribution < -0.4 is 15.0 Å². The van der Waals surface area contributed by atoms with E-state index in [0.717, 1.165) is 49.3 Å². The number of benzene rings is 3. The molecule has 2 bridgehead atoms. The lowest BCUT2D eigenvalue weighted by Gasteiger charge is -2.44. The first-order chi connectivity index (χ1) is 18.2. The number of ether oxygens (including phenoxy) is 1. The van der Waals surface area contributed by atoms with Gasteiger partial charge in [-0.3, -0.25) is 4.79 Å². The number of hydrogen-bond acceptors (Lipinski definition) is 4. The normalized spacial score (nSPS) is 27.9. The Morgan fingerprint density at radius 2 is 1.65 bits per heavy atom. The molecule has 0 unspecified atom stereocenters. The fourth-order valence-electron chi connectivity index (χ4n) is 7.75. The van der Waals surface area contributed by atoms with Crippen molar-refractivity contribution in [1.29, 1.82) is 0 Å². The van der Waals surface area contributed by atoms with Gasteiger partial charge < -0.3 is 19.9 Å². The first-order valence-corrected chi connectivity index (χ1v) is 13.8. The van der Waals surface area contributed by atoms with Crippen molar-refractivity contribution >= 4 is 17.3 Å². The summed E-state index contributed by atoms with van der Waals surface area (Å²) in [6.45, 7) is 3.18. The summed E-state index contributed by atoms with van der Waals surface area (Å²) in [6, 6.07) is 26.0. The molecule has 0 radical (unpaired) electrons. The maximum atomic E-state index is 13.6. The Hall–Kier alpha value is -3.47. The van der Waals surface area contributed by atoms with Crippen LogP contribution in [0.2, 0.25) is 0 Å². The van der Waals surface area contributed by atoms with Gasteiger partial charge in [-0.2, -0.15) is 0 Å². The lowest BCUT2D eigenvalue weighted by molar-refractivity contribution is 0.0746. The molecule has 5 atom stereocenters. The first-order valence-electron chi connectivity index (χ1n) is 13.8. The van der Waals surface area contributed by atoms with Gasteiger partial charge in [-0.05, 0) is 96.5 Å². The quantitative estimate of drug-likeness (QED) is 0.488. The molecule has 2 aliphatic carbocycles. The van der Waals surface area contributed by atoms with Crippen molar-refractivity contribution in [2.75, 3.05) is 43.5 Å². The van der Waals surface area contributed by atoms with Crippen LogP contribution in [0.25, 0.3) is 0 Å². The molecule has 37 heavy (non-hydrogen) atoms. The monoisotopic (exact) mass is 493 g/mol. The van der Waals surface area contributed by atoms with E-state index in [2.05, 4.69) is 64.8 Å². The van der Waals surface area contributed by atoms with Gasteiger partial charge in [0.25, 0.3) is 5.91 Å². The van der Waals surface area contributed by atoms with E-state index in [1.165, 1.54) is 41.8 Å². The molecule has 190 valence electrons. The average Bonchev–Trinajstić information content (AvgIpc) is 3.60. The third kappa shape index (κ3) is 3.87. The van der Waals surface area contributed by atoms with E-state index in [1.54, 1.807) is 7.11 Å². The van der Waals surface area contributed by atoms with Crippen LogP contribution in [0.4, 0.5) is 11.4 Å². The van der Waals surface area contributed by atoms with Crippen LogP contribution in [0, 0.1) is 17.8 Å². The molecule has 2 aliphatic heterocycles. The zero-order valence-corrected chi connectivity index (χ0v) is 21.5. The third-order valence-electron chi connectivity index (χ3n) is 9.50. The topological polar surface area (TPSA) is 44.8 Å². The van der Waals surface area contributed by atoms with Crippen molar-refractivity contribution in [3.63, 3.8) is 0 Å². The molecular weight excluding hydrogens is 458 g/mol. The number of methoxy groups -OCH3 is 1. The number of hydrogen-bond donors (Lipinski definition) is 1. The third-order valence-corrected chi connectivity index (χ3v) is 9.50. The van der Waals surface area contributed by atoms with E-state index >= 15 is 0 Å². The highest BCUT2D eigenvalue weighted by Gasteiger charge is 2.53. The molecule has 1 N–H and O–H groups in total. The number of rotatable bonds is 4. The molecule has 7 rings (SSSR count). The number of nitrogens with zero attached hydrogens (tertiary/aromatic N) is 2. The Labute approximate surface area is 219 Å². The molecular formula is C32H35N3O2. The fraction of sp³-hybridized carbons (Fsp3) is 0.406.